The van der Waals surface area contributed by atoms with Crippen molar-refractivity contribution < 1.29 is 18.7 Å². The molecule has 6 heteroatoms. The summed E-state index contributed by atoms with van der Waals surface area (Å²) in [6.45, 7) is 1.57. The first-order valence-corrected chi connectivity index (χ1v) is 5.31. The van der Waals surface area contributed by atoms with Crippen LogP contribution < -0.4 is 5.32 Å². The Hall–Kier alpha value is -1.62. The Morgan fingerprint density at radius 1 is 1.47 bits per heavy atom. The molecule has 0 aliphatic rings. The van der Waals surface area contributed by atoms with E-state index in [0.717, 1.165) is 0 Å². The molecule has 1 amide bonds. The summed E-state index contributed by atoms with van der Waals surface area (Å²) < 4.78 is 17.7. The number of halogens is 2. The first-order valence-electron chi connectivity index (χ1n) is 4.93. The molecule has 0 saturated carbocycles. The second kappa shape index (κ2) is 6.20. The van der Waals surface area contributed by atoms with Crippen LogP contribution in [0.2, 0.25) is 5.02 Å². The maximum absolute atomic E-state index is 13.2. The van der Waals surface area contributed by atoms with Gasteiger partial charge in [0.15, 0.2) is 0 Å². The Kier molecular flexibility index (Phi) is 4.90. The Labute approximate surface area is 103 Å². The maximum atomic E-state index is 13.2. The van der Waals surface area contributed by atoms with Crippen molar-refractivity contribution in [2.24, 2.45) is 0 Å². The van der Waals surface area contributed by atoms with Crippen molar-refractivity contribution in [1.82, 2.24) is 5.32 Å². The predicted octanol–water partition coefficient (Wildman–Crippen LogP) is 1.66. The van der Waals surface area contributed by atoms with Gasteiger partial charge in [0.05, 0.1) is 6.61 Å². The van der Waals surface area contributed by atoms with Gasteiger partial charge in [0.1, 0.15) is 5.82 Å². The molecule has 1 rings (SSSR count). The third-order valence-electron chi connectivity index (χ3n) is 1.91. The van der Waals surface area contributed by atoms with E-state index in [9.17, 15) is 14.0 Å². The average molecular weight is 260 g/mol. The van der Waals surface area contributed by atoms with Crippen molar-refractivity contribution in [3.63, 3.8) is 0 Å². The molecule has 4 nitrogen and oxygen atoms in total. The number of carbonyl (C=O) groups excluding carboxylic acids is 2. The molecule has 0 fully saturated rings. The summed E-state index contributed by atoms with van der Waals surface area (Å²) >= 11 is 5.67. The van der Waals surface area contributed by atoms with E-state index in [1.54, 1.807) is 6.92 Å². The minimum Gasteiger partial charge on any atom is -0.459 e. The fraction of sp³-hybridized carbons (Fsp3) is 0.273. The van der Waals surface area contributed by atoms with Gasteiger partial charge in [-0.05, 0) is 25.1 Å². The highest BCUT2D eigenvalue weighted by Gasteiger charge is 2.14. The third kappa shape index (κ3) is 4.03. The van der Waals surface area contributed by atoms with Crippen molar-refractivity contribution >= 4 is 23.5 Å². The fourth-order valence-corrected chi connectivity index (χ4v) is 1.32. The molecule has 0 bridgehead atoms. The van der Waals surface area contributed by atoms with E-state index < -0.39 is 17.7 Å². The van der Waals surface area contributed by atoms with Gasteiger partial charge in [-0.2, -0.15) is 0 Å². The van der Waals surface area contributed by atoms with E-state index in [0.29, 0.717) is 5.02 Å². The Bertz CT molecular complexity index is 437. The van der Waals surface area contributed by atoms with Crippen LogP contribution in [0, 0.1) is 5.82 Å². The minimum absolute atomic E-state index is 0.109. The molecular formula is C11H11ClFNO3. The van der Waals surface area contributed by atoms with Gasteiger partial charge < -0.3 is 10.1 Å². The molecule has 0 saturated heterocycles. The smallest absolute Gasteiger partial charge is 0.396 e. The van der Waals surface area contributed by atoms with Crippen molar-refractivity contribution in [2.45, 2.75) is 13.5 Å². The summed E-state index contributed by atoms with van der Waals surface area (Å²) in [5.41, 5.74) is 0.204. The van der Waals surface area contributed by atoms with Crippen LogP contribution in [0.15, 0.2) is 18.2 Å². The number of hydrogen-bond acceptors (Lipinski definition) is 3. The van der Waals surface area contributed by atoms with Crippen molar-refractivity contribution in [3.8, 4) is 0 Å². The molecule has 0 radical (unpaired) electrons. The molecular weight excluding hydrogens is 249 g/mol. The summed E-state index contributed by atoms with van der Waals surface area (Å²) in [7, 11) is 0. The van der Waals surface area contributed by atoms with Crippen LogP contribution >= 0.6 is 11.6 Å². The Morgan fingerprint density at radius 3 is 2.82 bits per heavy atom. The maximum Gasteiger partial charge on any atom is 0.396 e. The number of amides is 1. The SMILES string of the molecule is CCOC(=O)C(=O)NCc1cc(Cl)ccc1F. The molecule has 0 unspecified atom stereocenters. The quantitative estimate of drug-likeness (QED) is 0.663. The second-order valence-electron chi connectivity index (χ2n) is 3.14. The van der Waals surface area contributed by atoms with Crippen molar-refractivity contribution in [2.75, 3.05) is 6.61 Å². The molecule has 1 N–H and O–H groups in total. The summed E-state index contributed by atoms with van der Waals surface area (Å²) in [5.74, 6) is -2.40. The lowest BCUT2D eigenvalue weighted by molar-refractivity contribution is -0.154. The number of hydrogen-bond donors (Lipinski definition) is 1. The van der Waals surface area contributed by atoms with Crippen LogP contribution in [0.4, 0.5) is 4.39 Å². The molecule has 17 heavy (non-hydrogen) atoms. The highest BCUT2D eigenvalue weighted by atomic mass is 35.5. The van der Waals surface area contributed by atoms with Gasteiger partial charge in [-0.15, -0.1) is 0 Å². The van der Waals surface area contributed by atoms with Crippen LogP contribution in [0.3, 0.4) is 0 Å². The first kappa shape index (κ1) is 13.4. The van der Waals surface area contributed by atoms with E-state index in [-0.39, 0.29) is 18.7 Å². The Balaban J connectivity index is 2.58. The topological polar surface area (TPSA) is 55.4 Å². The highest BCUT2D eigenvalue weighted by molar-refractivity contribution is 6.32. The molecule has 0 aliphatic heterocycles. The number of benzene rings is 1. The van der Waals surface area contributed by atoms with E-state index in [4.69, 9.17) is 11.6 Å². The molecule has 0 atom stereocenters. The van der Waals surface area contributed by atoms with Crippen LogP contribution in [0.1, 0.15) is 12.5 Å². The van der Waals surface area contributed by atoms with Crippen LogP contribution in [0.5, 0.6) is 0 Å². The van der Waals surface area contributed by atoms with Gasteiger partial charge in [-0.3, -0.25) is 4.79 Å². The number of esters is 1. The second-order valence-corrected chi connectivity index (χ2v) is 3.58. The zero-order chi connectivity index (χ0) is 12.8. The number of rotatable bonds is 3. The lowest BCUT2D eigenvalue weighted by Crippen LogP contribution is -2.32. The molecule has 1 aromatic rings. The summed E-state index contributed by atoms with van der Waals surface area (Å²) in [5, 5.41) is 2.59. The molecule has 1 aromatic carbocycles. The first-order chi connectivity index (χ1) is 8.04. The zero-order valence-corrected chi connectivity index (χ0v) is 9.88. The molecule has 92 valence electrons. The van der Waals surface area contributed by atoms with Gasteiger partial charge in [-0.25, -0.2) is 9.18 Å². The summed E-state index contributed by atoms with van der Waals surface area (Å²) in [4.78, 5) is 22.1. The van der Waals surface area contributed by atoms with E-state index in [2.05, 4.69) is 10.1 Å². The number of carbonyl (C=O) groups is 2. The van der Waals surface area contributed by atoms with Crippen molar-refractivity contribution in [1.29, 1.82) is 0 Å². The molecule has 0 aromatic heterocycles. The normalized spacial score (nSPS) is 9.82. The third-order valence-corrected chi connectivity index (χ3v) is 2.14. The van der Waals surface area contributed by atoms with Crippen molar-refractivity contribution in [3.05, 3.63) is 34.6 Å². The number of ether oxygens (including phenoxy) is 1. The summed E-state index contributed by atoms with van der Waals surface area (Å²) in [6.07, 6.45) is 0. The Morgan fingerprint density at radius 2 is 2.18 bits per heavy atom. The van der Waals surface area contributed by atoms with Gasteiger partial charge >= 0.3 is 11.9 Å². The van der Waals surface area contributed by atoms with Crippen LogP contribution in [0.25, 0.3) is 0 Å². The molecule has 0 heterocycles. The minimum atomic E-state index is -0.991. The van der Waals surface area contributed by atoms with Gasteiger partial charge in [0, 0.05) is 17.1 Å². The summed E-state index contributed by atoms with van der Waals surface area (Å²) in [6, 6.07) is 3.96. The van der Waals surface area contributed by atoms with Gasteiger partial charge in [-0.1, -0.05) is 11.6 Å². The fourth-order valence-electron chi connectivity index (χ4n) is 1.12. The number of nitrogens with one attached hydrogen (secondary N) is 1. The lowest BCUT2D eigenvalue weighted by Gasteiger charge is -2.06. The van der Waals surface area contributed by atoms with E-state index in [1.807, 2.05) is 0 Å². The van der Waals surface area contributed by atoms with E-state index in [1.165, 1.54) is 18.2 Å². The molecule has 0 aliphatic carbocycles. The van der Waals surface area contributed by atoms with Gasteiger partial charge in [0.2, 0.25) is 0 Å². The van der Waals surface area contributed by atoms with Crippen LogP contribution in [-0.4, -0.2) is 18.5 Å². The average Bonchev–Trinajstić information content (AvgIpc) is 2.30. The monoisotopic (exact) mass is 259 g/mol. The highest BCUT2D eigenvalue weighted by Crippen LogP contribution is 2.14. The van der Waals surface area contributed by atoms with Gasteiger partial charge in [0.25, 0.3) is 0 Å². The lowest BCUT2D eigenvalue weighted by atomic mass is 10.2. The molecule has 0 spiro atoms. The standard InChI is InChI=1S/C11H11ClFNO3/c1-2-17-11(16)10(15)14-6-7-5-8(12)3-4-9(7)13/h3-5H,2,6H2,1H3,(H,14,15). The predicted molar refractivity (Wildman–Crippen MR) is 59.9 cm³/mol. The van der Waals surface area contributed by atoms with Crippen LogP contribution in [-0.2, 0) is 20.9 Å². The largest absolute Gasteiger partial charge is 0.459 e. The van der Waals surface area contributed by atoms with E-state index >= 15 is 0 Å². The zero-order valence-electron chi connectivity index (χ0n) is 9.13.